The van der Waals surface area contributed by atoms with E-state index in [0.717, 1.165) is 0 Å². The summed E-state index contributed by atoms with van der Waals surface area (Å²) >= 11 is 0. The molecule has 2 N–H and O–H groups in total. The van der Waals surface area contributed by atoms with Crippen LogP contribution in [0.4, 0.5) is 13.2 Å². The average molecular weight is 276 g/mol. The van der Waals surface area contributed by atoms with Crippen LogP contribution in [0.5, 0.6) is 0 Å². The Bertz CT molecular complexity index is 522. The summed E-state index contributed by atoms with van der Waals surface area (Å²) in [7, 11) is 0. The van der Waals surface area contributed by atoms with Gasteiger partial charge in [-0.1, -0.05) is 0 Å². The minimum atomic E-state index is -4.91. The molecule has 2 rings (SSSR count). The van der Waals surface area contributed by atoms with Gasteiger partial charge in [0.1, 0.15) is 5.69 Å². The summed E-state index contributed by atoms with van der Waals surface area (Å²) in [6.45, 7) is -0.222. The third kappa shape index (κ3) is 2.72. The van der Waals surface area contributed by atoms with Crippen molar-refractivity contribution in [1.82, 2.24) is 9.88 Å². The van der Waals surface area contributed by atoms with E-state index in [-0.39, 0.29) is 18.8 Å². The molecular weight excluding hydrogens is 265 g/mol. The van der Waals surface area contributed by atoms with Crippen LogP contribution in [0.3, 0.4) is 0 Å². The topological polar surface area (TPSA) is 73.4 Å². The lowest BCUT2D eigenvalue weighted by Crippen LogP contribution is -2.40. The van der Waals surface area contributed by atoms with Gasteiger partial charge in [0, 0.05) is 18.8 Å². The molecule has 104 valence electrons. The molecule has 5 nitrogen and oxygen atoms in total. The lowest BCUT2D eigenvalue weighted by molar-refractivity contribution is -0.186. The Morgan fingerprint density at radius 3 is 2.63 bits per heavy atom. The molecule has 0 radical (unpaired) electrons. The van der Waals surface area contributed by atoms with Gasteiger partial charge in [-0.25, -0.2) is 4.79 Å². The number of nitrogens with one attached hydrogen (secondary N) is 1. The standard InChI is InChI=1S/C11H11F3N2O3/c12-11(13,14)10(19)16-3-1-2-7-6(5-16)4-8(15-7)9(17)18/h4,15H,1-3,5H2,(H,17,18). The monoisotopic (exact) mass is 276 g/mol. The molecule has 0 atom stereocenters. The highest BCUT2D eigenvalue weighted by Crippen LogP contribution is 2.24. The van der Waals surface area contributed by atoms with E-state index in [1.165, 1.54) is 6.07 Å². The van der Waals surface area contributed by atoms with Gasteiger partial charge in [-0.2, -0.15) is 13.2 Å². The number of nitrogens with zero attached hydrogens (tertiary/aromatic N) is 1. The molecule has 0 saturated carbocycles. The van der Waals surface area contributed by atoms with Crippen molar-refractivity contribution in [3.05, 3.63) is 23.0 Å². The first-order chi connectivity index (χ1) is 8.79. The molecule has 0 saturated heterocycles. The van der Waals surface area contributed by atoms with Crippen LogP contribution in [0.1, 0.15) is 28.2 Å². The molecule has 1 aromatic heterocycles. The number of alkyl halides is 3. The van der Waals surface area contributed by atoms with E-state index in [1.807, 2.05) is 0 Å². The van der Waals surface area contributed by atoms with Crippen LogP contribution >= 0.6 is 0 Å². The Morgan fingerprint density at radius 2 is 2.05 bits per heavy atom. The highest BCUT2D eigenvalue weighted by molar-refractivity contribution is 5.86. The van der Waals surface area contributed by atoms with Gasteiger partial charge >= 0.3 is 18.1 Å². The number of amides is 1. The third-order valence-electron chi connectivity index (χ3n) is 2.97. The molecule has 0 fully saturated rings. The van der Waals surface area contributed by atoms with Gasteiger partial charge < -0.3 is 15.0 Å². The lowest BCUT2D eigenvalue weighted by atomic mass is 10.2. The van der Waals surface area contributed by atoms with E-state index in [9.17, 15) is 22.8 Å². The van der Waals surface area contributed by atoms with Crippen molar-refractivity contribution >= 4 is 11.9 Å². The number of aryl methyl sites for hydroxylation is 1. The molecule has 1 aromatic rings. The van der Waals surface area contributed by atoms with Gasteiger partial charge in [0.05, 0.1) is 0 Å². The van der Waals surface area contributed by atoms with Crippen molar-refractivity contribution in [3.8, 4) is 0 Å². The first-order valence-electron chi connectivity index (χ1n) is 5.59. The van der Waals surface area contributed by atoms with Crippen molar-refractivity contribution in [2.75, 3.05) is 6.54 Å². The van der Waals surface area contributed by atoms with E-state index in [4.69, 9.17) is 5.11 Å². The molecule has 0 spiro atoms. The molecule has 0 aliphatic carbocycles. The van der Waals surface area contributed by atoms with Crippen LogP contribution in [0, 0.1) is 0 Å². The Morgan fingerprint density at radius 1 is 1.37 bits per heavy atom. The van der Waals surface area contributed by atoms with Gasteiger partial charge in [0.2, 0.25) is 0 Å². The molecule has 1 aliphatic rings. The summed E-state index contributed by atoms with van der Waals surface area (Å²) in [5.41, 5.74) is 0.925. The second-order valence-corrected chi connectivity index (χ2v) is 4.32. The average Bonchev–Trinajstić information content (AvgIpc) is 2.60. The largest absolute Gasteiger partial charge is 0.477 e. The number of rotatable bonds is 1. The molecule has 0 bridgehead atoms. The molecule has 1 amide bonds. The number of aromatic carboxylic acids is 1. The Balaban J connectivity index is 2.25. The summed E-state index contributed by atoms with van der Waals surface area (Å²) in [5.74, 6) is -3.07. The molecule has 19 heavy (non-hydrogen) atoms. The fraction of sp³-hybridized carbons (Fsp3) is 0.455. The predicted molar refractivity (Wildman–Crippen MR) is 57.5 cm³/mol. The first-order valence-corrected chi connectivity index (χ1v) is 5.59. The molecular formula is C11H11F3N2O3. The number of aromatic amines is 1. The second kappa shape index (κ2) is 4.60. The number of carboxylic acid groups (broad SMARTS) is 1. The molecule has 1 aliphatic heterocycles. The van der Waals surface area contributed by atoms with Crippen molar-refractivity contribution in [2.24, 2.45) is 0 Å². The van der Waals surface area contributed by atoms with E-state index in [1.54, 1.807) is 0 Å². The molecule has 0 aromatic carbocycles. The van der Waals surface area contributed by atoms with Gasteiger partial charge in [0.15, 0.2) is 0 Å². The number of fused-ring (bicyclic) bond motifs is 1. The SMILES string of the molecule is O=C(O)c1cc2c([nH]1)CCCN(C(=O)C(F)(F)F)C2. The maximum atomic E-state index is 12.4. The zero-order valence-electron chi connectivity index (χ0n) is 9.75. The minimum absolute atomic E-state index is 0.00324. The summed E-state index contributed by atoms with van der Waals surface area (Å²) < 4.78 is 37.1. The van der Waals surface area contributed by atoms with E-state index in [2.05, 4.69) is 4.98 Å². The number of H-pyrrole nitrogens is 1. The normalized spacial score (nSPS) is 15.8. The van der Waals surface area contributed by atoms with Crippen LogP contribution in [-0.4, -0.2) is 39.6 Å². The van der Waals surface area contributed by atoms with Crippen LogP contribution < -0.4 is 0 Å². The molecule has 0 unspecified atom stereocenters. The zero-order valence-corrected chi connectivity index (χ0v) is 9.75. The molecule has 2 heterocycles. The maximum Gasteiger partial charge on any atom is 0.471 e. The second-order valence-electron chi connectivity index (χ2n) is 4.32. The number of hydrogen-bond donors (Lipinski definition) is 2. The fourth-order valence-corrected chi connectivity index (χ4v) is 2.10. The number of hydrogen-bond acceptors (Lipinski definition) is 2. The van der Waals surface area contributed by atoms with Crippen LogP contribution in [0.25, 0.3) is 0 Å². The van der Waals surface area contributed by atoms with E-state index in [0.29, 0.717) is 29.0 Å². The summed E-state index contributed by atoms with van der Waals surface area (Å²) in [6, 6.07) is 1.28. The highest BCUT2D eigenvalue weighted by Gasteiger charge is 2.42. The van der Waals surface area contributed by atoms with Crippen molar-refractivity contribution in [1.29, 1.82) is 0 Å². The Kier molecular flexibility index (Phi) is 3.25. The zero-order chi connectivity index (χ0) is 14.2. The van der Waals surface area contributed by atoms with Crippen molar-refractivity contribution < 1.29 is 27.9 Å². The number of aromatic nitrogens is 1. The summed E-state index contributed by atoms with van der Waals surface area (Å²) in [4.78, 5) is 25.3. The minimum Gasteiger partial charge on any atom is -0.477 e. The summed E-state index contributed by atoms with van der Waals surface area (Å²) in [5, 5.41) is 8.82. The lowest BCUT2D eigenvalue weighted by Gasteiger charge is -2.21. The highest BCUT2D eigenvalue weighted by atomic mass is 19.4. The quantitative estimate of drug-likeness (QED) is 0.817. The number of carbonyl (C=O) groups is 2. The van der Waals surface area contributed by atoms with Crippen LogP contribution in [0.15, 0.2) is 6.07 Å². The first kappa shape index (κ1) is 13.4. The van der Waals surface area contributed by atoms with Gasteiger partial charge in [-0.15, -0.1) is 0 Å². The smallest absolute Gasteiger partial charge is 0.471 e. The fourth-order valence-electron chi connectivity index (χ4n) is 2.10. The number of carbonyl (C=O) groups excluding carboxylic acids is 1. The third-order valence-corrected chi connectivity index (χ3v) is 2.97. The van der Waals surface area contributed by atoms with E-state index >= 15 is 0 Å². The van der Waals surface area contributed by atoms with Crippen molar-refractivity contribution in [3.63, 3.8) is 0 Å². The van der Waals surface area contributed by atoms with Gasteiger partial charge in [-0.3, -0.25) is 4.79 Å². The van der Waals surface area contributed by atoms with Crippen LogP contribution in [0.2, 0.25) is 0 Å². The van der Waals surface area contributed by atoms with Crippen molar-refractivity contribution in [2.45, 2.75) is 25.6 Å². The number of halogens is 3. The Labute approximate surface area is 106 Å². The van der Waals surface area contributed by atoms with E-state index < -0.39 is 18.1 Å². The van der Waals surface area contributed by atoms with Gasteiger partial charge in [0.25, 0.3) is 0 Å². The van der Waals surface area contributed by atoms with Gasteiger partial charge in [-0.05, 0) is 24.5 Å². The summed E-state index contributed by atoms with van der Waals surface area (Å²) in [6.07, 6.45) is -4.13. The van der Waals surface area contributed by atoms with Crippen LogP contribution in [-0.2, 0) is 17.8 Å². The molecule has 8 heteroatoms. The predicted octanol–water partition coefficient (Wildman–Crippen LogP) is 1.55. The Hall–Kier alpha value is -1.99. The number of carboxylic acids is 1. The maximum absolute atomic E-state index is 12.4.